The molecule has 2 N–H and O–H groups in total. The van der Waals surface area contributed by atoms with Crippen LogP contribution in [0.25, 0.3) is 0 Å². The highest BCUT2D eigenvalue weighted by Crippen LogP contribution is 2.29. The average molecular weight is 294 g/mol. The standard InChI is InChI=1S/C15H26N4O2/c1-4-16-12-9-13(19-14(18-12)10-20-3)17-11-15(2)5-7-21-8-6-15/h9H,4-8,10-11H2,1-3H3,(H2,16,17,18,19). The third-order valence-electron chi connectivity index (χ3n) is 3.80. The third-order valence-corrected chi connectivity index (χ3v) is 3.80. The Kier molecular flexibility index (Phi) is 5.76. The topological polar surface area (TPSA) is 68.3 Å². The molecule has 2 heterocycles. The number of methoxy groups -OCH3 is 1. The molecule has 0 spiro atoms. The number of ether oxygens (including phenoxy) is 2. The fourth-order valence-electron chi connectivity index (χ4n) is 2.40. The minimum atomic E-state index is 0.267. The predicted molar refractivity (Wildman–Crippen MR) is 83.6 cm³/mol. The monoisotopic (exact) mass is 294 g/mol. The molecular formula is C15H26N4O2. The van der Waals surface area contributed by atoms with Gasteiger partial charge in [0.25, 0.3) is 0 Å². The van der Waals surface area contributed by atoms with E-state index in [2.05, 4.69) is 27.5 Å². The van der Waals surface area contributed by atoms with E-state index in [0.717, 1.165) is 50.8 Å². The van der Waals surface area contributed by atoms with Crippen LogP contribution < -0.4 is 10.6 Å². The average Bonchev–Trinajstić information content (AvgIpc) is 2.47. The second-order valence-electron chi connectivity index (χ2n) is 5.79. The van der Waals surface area contributed by atoms with Crippen LogP contribution in [0.5, 0.6) is 0 Å². The molecule has 0 unspecified atom stereocenters. The molecule has 21 heavy (non-hydrogen) atoms. The summed E-state index contributed by atoms with van der Waals surface area (Å²) in [6.45, 7) is 8.18. The molecule has 0 aliphatic carbocycles. The summed E-state index contributed by atoms with van der Waals surface area (Å²) in [7, 11) is 1.65. The lowest BCUT2D eigenvalue weighted by molar-refractivity contribution is 0.0299. The van der Waals surface area contributed by atoms with Crippen LogP contribution in [-0.2, 0) is 16.1 Å². The van der Waals surface area contributed by atoms with Gasteiger partial charge in [-0.25, -0.2) is 9.97 Å². The molecule has 0 radical (unpaired) electrons. The van der Waals surface area contributed by atoms with Crippen LogP contribution in [0.1, 0.15) is 32.5 Å². The number of hydrogen-bond donors (Lipinski definition) is 2. The van der Waals surface area contributed by atoms with Gasteiger partial charge in [0, 0.05) is 39.5 Å². The first-order valence-electron chi connectivity index (χ1n) is 7.57. The Morgan fingerprint density at radius 3 is 2.52 bits per heavy atom. The molecule has 6 heteroatoms. The second kappa shape index (κ2) is 7.56. The lowest BCUT2D eigenvalue weighted by Crippen LogP contribution is -2.33. The van der Waals surface area contributed by atoms with E-state index in [9.17, 15) is 0 Å². The Morgan fingerprint density at radius 1 is 1.24 bits per heavy atom. The highest BCUT2D eigenvalue weighted by atomic mass is 16.5. The summed E-state index contributed by atoms with van der Waals surface area (Å²) in [6.07, 6.45) is 2.16. The van der Waals surface area contributed by atoms with Crippen LogP contribution in [0.15, 0.2) is 6.07 Å². The van der Waals surface area contributed by atoms with Gasteiger partial charge in [0.1, 0.15) is 18.2 Å². The van der Waals surface area contributed by atoms with Gasteiger partial charge in [-0.15, -0.1) is 0 Å². The fourth-order valence-corrected chi connectivity index (χ4v) is 2.40. The summed E-state index contributed by atoms with van der Waals surface area (Å²) in [4.78, 5) is 8.92. The molecule has 1 aliphatic rings. The Balaban J connectivity index is 2.03. The minimum absolute atomic E-state index is 0.267. The molecule has 1 aromatic heterocycles. The highest BCUT2D eigenvalue weighted by Gasteiger charge is 2.27. The van der Waals surface area contributed by atoms with E-state index in [0.29, 0.717) is 12.4 Å². The summed E-state index contributed by atoms with van der Waals surface area (Å²) in [5, 5.41) is 6.68. The zero-order chi connectivity index (χ0) is 15.1. The Morgan fingerprint density at radius 2 is 1.90 bits per heavy atom. The Bertz CT molecular complexity index is 423. The van der Waals surface area contributed by atoms with Crippen LogP contribution in [-0.4, -0.2) is 43.4 Å². The minimum Gasteiger partial charge on any atom is -0.381 e. The quantitative estimate of drug-likeness (QED) is 0.804. The molecule has 0 amide bonds. The molecule has 2 rings (SSSR count). The zero-order valence-corrected chi connectivity index (χ0v) is 13.2. The molecular weight excluding hydrogens is 268 g/mol. The lowest BCUT2D eigenvalue weighted by Gasteiger charge is -2.33. The molecule has 0 aromatic carbocycles. The molecule has 1 aromatic rings. The van der Waals surface area contributed by atoms with Crippen LogP contribution in [0.2, 0.25) is 0 Å². The number of rotatable bonds is 7. The summed E-state index contributed by atoms with van der Waals surface area (Å²) in [6, 6.07) is 1.95. The van der Waals surface area contributed by atoms with Crippen molar-refractivity contribution in [3.05, 3.63) is 11.9 Å². The molecule has 0 bridgehead atoms. The number of nitrogens with zero attached hydrogens (tertiary/aromatic N) is 2. The number of nitrogens with one attached hydrogen (secondary N) is 2. The predicted octanol–water partition coefficient (Wildman–Crippen LogP) is 2.28. The maximum absolute atomic E-state index is 5.44. The van der Waals surface area contributed by atoms with Gasteiger partial charge in [0.05, 0.1) is 0 Å². The summed E-state index contributed by atoms with van der Waals surface area (Å²) in [5.74, 6) is 2.37. The van der Waals surface area contributed by atoms with Crippen molar-refractivity contribution in [3.8, 4) is 0 Å². The molecule has 0 saturated carbocycles. The van der Waals surface area contributed by atoms with Crippen molar-refractivity contribution in [2.75, 3.05) is 44.0 Å². The second-order valence-corrected chi connectivity index (χ2v) is 5.79. The maximum Gasteiger partial charge on any atom is 0.158 e. The molecule has 0 atom stereocenters. The zero-order valence-electron chi connectivity index (χ0n) is 13.2. The van der Waals surface area contributed by atoms with E-state index in [1.165, 1.54) is 0 Å². The highest BCUT2D eigenvalue weighted by molar-refractivity contribution is 5.47. The molecule has 1 saturated heterocycles. The van der Waals surface area contributed by atoms with Crippen molar-refractivity contribution in [2.45, 2.75) is 33.3 Å². The Labute approximate surface area is 126 Å². The van der Waals surface area contributed by atoms with E-state index in [1.807, 2.05) is 13.0 Å². The number of hydrogen-bond acceptors (Lipinski definition) is 6. The van der Waals surface area contributed by atoms with E-state index in [1.54, 1.807) is 7.11 Å². The first kappa shape index (κ1) is 16.0. The summed E-state index contributed by atoms with van der Waals surface area (Å²) < 4.78 is 10.6. The van der Waals surface area contributed by atoms with E-state index < -0.39 is 0 Å². The van der Waals surface area contributed by atoms with Gasteiger partial charge in [-0.3, -0.25) is 0 Å². The lowest BCUT2D eigenvalue weighted by atomic mass is 9.82. The molecule has 118 valence electrons. The number of aromatic nitrogens is 2. The van der Waals surface area contributed by atoms with Gasteiger partial charge in [-0.1, -0.05) is 6.92 Å². The van der Waals surface area contributed by atoms with Gasteiger partial charge < -0.3 is 20.1 Å². The summed E-state index contributed by atoms with van der Waals surface area (Å²) in [5.41, 5.74) is 0.267. The van der Waals surface area contributed by atoms with Crippen molar-refractivity contribution >= 4 is 11.6 Å². The SMILES string of the molecule is CCNc1cc(NCC2(C)CCOCC2)nc(COC)n1. The van der Waals surface area contributed by atoms with Gasteiger partial charge in [-0.2, -0.15) is 0 Å². The summed E-state index contributed by atoms with van der Waals surface area (Å²) >= 11 is 0. The normalized spacial score (nSPS) is 17.5. The van der Waals surface area contributed by atoms with Crippen LogP contribution in [0, 0.1) is 5.41 Å². The van der Waals surface area contributed by atoms with Crippen molar-refractivity contribution in [1.82, 2.24) is 9.97 Å². The van der Waals surface area contributed by atoms with Crippen LogP contribution in [0.3, 0.4) is 0 Å². The van der Waals surface area contributed by atoms with Crippen molar-refractivity contribution < 1.29 is 9.47 Å². The molecule has 1 aliphatic heterocycles. The number of anilines is 2. The van der Waals surface area contributed by atoms with Crippen LogP contribution >= 0.6 is 0 Å². The van der Waals surface area contributed by atoms with Gasteiger partial charge in [0.15, 0.2) is 5.82 Å². The van der Waals surface area contributed by atoms with Gasteiger partial charge >= 0.3 is 0 Å². The smallest absolute Gasteiger partial charge is 0.158 e. The van der Waals surface area contributed by atoms with Crippen molar-refractivity contribution in [1.29, 1.82) is 0 Å². The largest absolute Gasteiger partial charge is 0.381 e. The first-order chi connectivity index (χ1) is 10.1. The van der Waals surface area contributed by atoms with E-state index in [-0.39, 0.29) is 5.41 Å². The van der Waals surface area contributed by atoms with Gasteiger partial charge in [0.2, 0.25) is 0 Å². The van der Waals surface area contributed by atoms with E-state index in [4.69, 9.17) is 9.47 Å². The maximum atomic E-state index is 5.44. The Hall–Kier alpha value is -1.40. The third kappa shape index (κ3) is 4.82. The first-order valence-corrected chi connectivity index (χ1v) is 7.57. The molecule has 1 fully saturated rings. The van der Waals surface area contributed by atoms with Crippen molar-refractivity contribution in [3.63, 3.8) is 0 Å². The van der Waals surface area contributed by atoms with Gasteiger partial charge in [-0.05, 0) is 25.2 Å². The fraction of sp³-hybridized carbons (Fsp3) is 0.733. The van der Waals surface area contributed by atoms with Crippen LogP contribution in [0.4, 0.5) is 11.6 Å². The van der Waals surface area contributed by atoms with Crippen molar-refractivity contribution in [2.24, 2.45) is 5.41 Å². The molecule has 6 nitrogen and oxygen atoms in total. The van der Waals surface area contributed by atoms with E-state index >= 15 is 0 Å².